The average molecular weight is 230 g/mol. The van der Waals surface area contributed by atoms with Crippen LogP contribution in [0.4, 0.5) is 0 Å². The first-order chi connectivity index (χ1) is 8.31. The molecule has 1 heteroatoms. The fourth-order valence-corrected chi connectivity index (χ4v) is 3.00. The third kappa shape index (κ3) is 3.18. The minimum atomic E-state index is 0.591. The Balaban J connectivity index is 2.11. The van der Waals surface area contributed by atoms with Gasteiger partial charge in [0.15, 0.2) is 0 Å². The first kappa shape index (κ1) is 12.3. The van der Waals surface area contributed by atoms with Crippen molar-refractivity contribution in [2.24, 2.45) is 5.92 Å². The molecule has 1 aromatic carbocycles. The van der Waals surface area contributed by atoms with Crippen LogP contribution in [0, 0.1) is 5.92 Å². The molecule has 1 atom stereocenters. The zero-order valence-corrected chi connectivity index (χ0v) is 10.7. The number of hydrogen-bond donors (Lipinski definition) is 0. The van der Waals surface area contributed by atoms with Crippen molar-refractivity contribution >= 4 is 6.29 Å². The fourth-order valence-electron chi connectivity index (χ4n) is 3.00. The van der Waals surface area contributed by atoms with Gasteiger partial charge in [0.1, 0.15) is 6.29 Å². The summed E-state index contributed by atoms with van der Waals surface area (Å²) in [6.45, 7) is 2.32. The van der Waals surface area contributed by atoms with E-state index >= 15 is 0 Å². The van der Waals surface area contributed by atoms with Gasteiger partial charge < -0.3 is 0 Å². The highest BCUT2D eigenvalue weighted by Gasteiger charge is 2.20. The SMILES string of the molecule is CC(c1cccc(C=O)c1)C1CCCCCC1. The molecule has 0 aromatic heterocycles. The van der Waals surface area contributed by atoms with Gasteiger partial charge in [-0.1, -0.05) is 50.8 Å². The molecule has 0 heterocycles. The summed E-state index contributed by atoms with van der Waals surface area (Å²) in [5, 5.41) is 0. The van der Waals surface area contributed by atoms with E-state index in [1.165, 1.54) is 44.1 Å². The normalized spacial score (nSPS) is 19.6. The highest BCUT2D eigenvalue weighted by Crippen LogP contribution is 2.34. The molecular weight excluding hydrogens is 208 g/mol. The molecule has 1 fully saturated rings. The second-order valence-corrected chi connectivity index (χ2v) is 5.33. The number of carbonyl (C=O) groups is 1. The molecule has 92 valence electrons. The molecule has 1 unspecified atom stereocenters. The van der Waals surface area contributed by atoms with Crippen LogP contribution in [0.5, 0.6) is 0 Å². The summed E-state index contributed by atoms with van der Waals surface area (Å²) >= 11 is 0. The Morgan fingerprint density at radius 3 is 2.53 bits per heavy atom. The number of aldehydes is 1. The molecule has 1 nitrogen and oxygen atoms in total. The molecule has 1 saturated carbocycles. The summed E-state index contributed by atoms with van der Waals surface area (Å²) in [4.78, 5) is 10.8. The van der Waals surface area contributed by atoms with Crippen LogP contribution in [0.2, 0.25) is 0 Å². The van der Waals surface area contributed by atoms with Crippen LogP contribution in [0.25, 0.3) is 0 Å². The molecule has 0 saturated heterocycles. The second kappa shape index (κ2) is 6.00. The molecule has 17 heavy (non-hydrogen) atoms. The Hall–Kier alpha value is -1.11. The van der Waals surface area contributed by atoms with Crippen molar-refractivity contribution in [2.75, 3.05) is 0 Å². The summed E-state index contributed by atoms with van der Waals surface area (Å²) in [5.74, 6) is 1.40. The maximum atomic E-state index is 10.8. The fraction of sp³-hybridized carbons (Fsp3) is 0.562. The lowest BCUT2D eigenvalue weighted by atomic mass is 9.82. The van der Waals surface area contributed by atoms with Gasteiger partial charge in [-0.2, -0.15) is 0 Å². The summed E-state index contributed by atoms with van der Waals surface area (Å²) in [6, 6.07) is 8.12. The zero-order chi connectivity index (χ0) is 12.1. The van der Waals surface area contributed by atoms with Crippen molar-refractivity contribution in [1.82, 2.24) is 0 Å². The van der Waals surface area contributed by atoms with Crippen LogP contribution in [-0.2, 0) is 0 Å². The number of rotatable bonds is 3. The number of hydrogen-bond acceptors (Lipinski definition) is 1. The monoisotopic (exact) mass is 230 g/mol. The lowest BCUT2D eigenvalue weighted by Crippen LogP contribution is -2.09. The highest BCUT2D eigenvalue weighted by atomic mass is 16.1. The summed E-state index contributed by atoms with van der Waals surface area (Å²) in [7, 11) is 0. The average Bonchev–Trinajstić information content (AvgIpc) is 2.67. The van der Waals surface area contributed by atoms with E-state index in [-0.39, 0.29) is 0 Å². The summed E-state index contributed by atoms with van der Waals surface area (Å²) < 4.78 is 0. The Morgan fingerprint density at radius 1 is 1.18 bits per heavy atom. The molecule has 0 radical (unpaired) electrons. The van der Waals surface area contributed by atoms with Gasteiger partial charge in [0, 0.05) is 5.56 Å². The van der Waals surface area contributed by atoms with E-state index in [1.807, 2.05) is 12.1 Å². The largest absolute Gasteiger partial charge is 0.298 e. The van der Waals surface area contributed by atoms with E-state index in [2.05, 4.69) is 19.1 Å². The van der Waals surface area contributed by atoms with Crippen LogP contribution >= 0.6 is 0 Å². The molecule has 1 aliphatic carbocycles. The van der Waals surface area contributed by atoms with Crippen LogP contribution in [0.3, 0.4) is 0 Å². The Morgan fingerprint density at radius 2 is 1.88 bits per heavy atom. The number of carbonyl (C=O) groups excluding carboxylic acids is 1. The first-order valence-corrected chi connectivity index (χ1v) is 6.86. The van der Waals surface area contributed by atoms with Crippen molar-refractivity contribution in [2.45, 2.75) is 51.4 Å². The van der Waals surface area contributed by atoms with Gasteiger partial charge >= 0.3 is 0 Å². The van der Waals surface area contributed by atoms with Gasteiger partial charge in [-0.3, -0.25) is 4.79 Å². The van der Waals surface area contributed by atoms with Crippen LogP contribution in [-0.4, -0.2) is 6.29 Å². The minimum Gasteiger partial charge on any atom is -0.298 e. The van der Waals surface area contributed by atoms with E-state index in [9.17, 15) is 4.79 Å². The quantitative estimate of drug-likeness (QED) is 0.549. The third-order valence-corrected chi connectivity index (χ3v) is 4.18. The molecule has 0 bridgehead atoms. The Kier molecular flexibility index (Phi) is 4.36. The lowest BCUT2D eigenvalue weighted by Gasteiger charge is -2.23. The molecule has 0 amide bonds. The minimum absolute atomic E-state index is 0.591. The molecule has 0 N–H and O–H groups in total. The first-order valence-electron chi connectivity index (χ1n) is 6.86. The predicted octanol–water partition coefficient (Wildman–Crippen LogP) is 4.57. The third-order valence-electron chi connectivity index (χ3n) is 4.18. The van der Waals surface area contributed by atoms with Gasteiger partial charge in [-0.05, 0) is 36.3 Å². The van der Waals surface area contributed by atoms with Crippen LogP contribution in [0.1, 0.15) is 67.3 Å². The van der Waals surface area contributed by atoms with E-state index in [4.69, 9.17) is 0 Å². The van der Waals surface area contributed by atoms with Gasteiger partial charge in [0.2, 0.25) is 0 Å². The van der Waals surface area contributed by atoms with Crippen molar-refractivity contribution < 1.29 is 4.79 Å². The maximum Gasteiger partial charge on any atom is 0.150 e. The standard InChI is InChI=1S/C16H22O/c1-13(15-8-4-2-3-5-9-15)16-10-6-7-14(11-16)12-17/h6-7,10-13,15H,2-5,8-9H2,1H3. The van der Waals surface area contributed by atoms with E-state index in [0.29, 0.717) is 5.92 Å². The maximum absolute atomic E-state index is 10.8. The van der Waals surface area contributed by atoms with E-state index < -0.39 is 0 Å². The summed E-state index contributed by atoms with van der Waals surface area (Å²) in [6.07, 6.45) is 9.21. The zero-order valence-electron chi connectivity index (χ0n) is 10.7. The van der Waals surface area contributed by atoms with E-state index in [1.54, 1.807) is 0 Å². The van der Waals surface area contributed by atoms with Crippen molar-refractivity contribution in [3.05, 3.63) is 35.4 Å². The van der Waals surface area contributed by atoms with Gasteiger partial charge in [0.05, 0.1) is 0 Å². The molecular formula is C16H22O. The summed E-state index contributed by atoms with van der Waals surface area (Å²) in [5.41, 5.74) is 2.14. The highest BCUT2D eigenvalue weighted by molar-refractivity contribution is 5.75. The van der Waals surface area contributed by atoms with Crippen LogP contribution < -0.4 is 0 Å². The molecule has 0 spiro atoms. The molecule has 1 aromatic rings. The van der Waals surface area contributed by atoms with E-state index in [0.717, 1.165) is 17.8 Å². The topological polar surface area (TPSA) is 17.1 Å². The van der Waals surface area contributed by atoms with Crippen molar-refractivity contribution in [3.8, 4) is 0 Å². The van der Waals surface area contributed by atoms with Gasteiger partial charge in [-0.15, -0.1) is 0 Å². The molecule has 0 aliphatic heterocycles. The lowest BCUT2D eigenvalue weighted by molar-refractivity contribution is 0.112. The molecule has 2 rings (SSSR count). The Bertz CT molecular complexity index is 362. The smallest absolute Gasteiger partial charge is 0.150 e. The molecule has 1 aliphatic rings. The predicted molar refractivity (Wildman–Crippen MR) is 71.4 cm³/mol. The Labute approximate surface area is 104 Å². The van der Waals surface area contributed by atoms with Gasteiger partial charge in [0.25, 0.3) is 0 Å². The second-order valence-electron chi connectivity index (χ2n) is 5.33. The van der Waals surface area contributed by atoms with Crippen molar-refractivity contribution in [3.63, 3.8) is 0 Å². The van der Waals surface area contributed by atoms with Crippen LogP contribution in [0.15, 0.2) is 24.3 Å². The van der Waals surface area contributed by atoms with Crippen molar-refractivity contribution in [1.29, 1.82) is 0 Å². The van der Waals surface area contributed by atoms with Gasteiger partial charge in [-0.25, -0.2) is 0 Å². The number of benzene rings is 1.